The lowest BCUT2D eigenvalue weighted by atomic mass is 10.1. The van der Waals surface area contributed by atoms with Crippen LogP contribution in [-0.2, 0) is 4.79 Å². The molecule has 2 amide bonds. The maximum atomic E-state index is 12.2. The Morgan fingerprint density at radius 1 is 1.22 bits per heavy atom. The molecule has 0 saturated heterocycles. The Bertz CT molecular complexity index is 875. The van der Waals surface area contributed by atoms with E-state index in [-0.39, 0.29) is 17.9 Å². The van der Waals surface area contributed by atoms with E-state index in [4.69, 9.17) is 16.3 Å². The van der Waals surface area contributed by atoms with Crippen LogP contribution in [0.1, 0.15) is 35.7 Å². The highest BCUT2D eigenvalue weighted by molar-refractivity contribution is 6.34. The van der Waals surface area contributed by atoms with Crippen molar-refractivity contribution in [2.24, 2.45) is 0 Å². The van der Waals surface area contributed by atoms with Gasteiger partial charge in [0.25, 0.3) is 5.91 Å². The Hall–Kier alpha value is -2.79. The number of benzene rings is 2. The highest BCUT2D eigenvalue weighted by atomic mass is 35.5. The minimum absolute atomic E-state index is 0.222. The summed E-state index contributed by atoms with van der Waals surface area (Å²) in [7, 11) is 0. The maximum absolute atomic E-state index is 12.2. The minimum atomic E-state index is -0.308. The van der Waals surface area contributed by atoms with Gasteiger partial charge in [-0.25, -0.2) is 0 Å². The van der Waals surface area contributed by atoms with E-state index in [0.717, 1.165) is 24.2 Å². The number of carbonyl (C=O) groups is 2. The molecule has 140 valence electrons. The van der Waals surface area contributed by atoms with Crippen LogP contribution in [0.2, 0.25) is 5.02 Å². The fraction of sp³-hybridized carbons (Fsp3) is 0.238. The lowest BCUT2D eigenvalue weighted by Crippen LogP contribution is -2.25. The van der Waals surface area contributed by atoms with Crippen molar-refractivity contribution in [1.82, 2.24) is 5.32 Å². The molecule has 0 aromatic heterocycles. The van der Waals surface area contributed by atoms with E-state index in [1.165, 1.54) is 6.08 Å². The summed E-state index contributed by atoms with van der Waals surface area (Å²) in [5.41, 5.74) is 1.68. The third-order valence-electron chi connectivity index (χ3n) is 4.02. The van der Waals surface area contributed by atoms with E-state index in [1.807, 2.05) is 31.2 Å². The van der Waals surface area contributed by atoms with Crippen LogP contribution in [0.3, 0.4) is 0 Å². The largest absolute Gasteiger partial charge is 0.493 e. The first kappa shape index (κ1) is 19.0. The molecule has 2 aromatic carbocycles. The number of para-hydroxylation sites is 1. The van der Waals surface area contributed by atoms with E-state index in [1.54, 1.807) is 24.3 Å². The normalized spacial score (nSPS) is 13.4. The summed E-state index contributed by atoms with van der Waals surface area (Å²) in [6, 6.07) is 12.6. The second-order valence-corrected chi connectivity index (χ2v) is 6.64. The molecule has 1 fully saturated rings. The third-order valence-corrected chi connectivity index (χ3v) is 4.35. The van der Waals surface area contributed by atoms with Crippen molar-refractivity contribution in [2.75, 3.05) is 11.9 Å². The van der Waals surface area contributed by atoms with Gasteiger partial charge in [0.15, 0.2) is 0 Å². The van der Waals surface area contributed by atoms with E-state index >= 15 is 0 Å². The summed E-state index contributed by atoms with van der Waals surface area (Å²) in [6.07, 6.45) is 5.11. The van der Waals surface area contributed by atoms with E-state index in [2.05, 4.69) is 10.6 Å². The van der Waals surface area contributed by atoms with Crippen molar-refractivity contribution in [2.45, 2.75) is 25.8 Å². The monoisotopic (exact) mass is 384 g/mol. The molecule has 27 heavy (non-hydrogen) atoms. The molecule has 2 aromatic rings. The quantitative estimate of drug-likeness (QED) is 0.700. The zero-order valence-corrected chi connectivity index (χ0v) is 15.8. The van der Waals surface area contributed by atoms with Crippen LogP contribution >= 0.6 is 11.6 Å². The Labute approximate surface area is 163 Å². The first-order chi connectivity index (χ1) is 13.1. The molecule has 6 heteroatoms. The van der Waals surface area contributed by atoms with Crippen molar-refractivity contribution in [1.29, 1.82) is 0 Å². The Balaban J connectivity index is 1.68. The molecule has 0 radical (unpaired) electrons. The topological polar surface area (TPSA) is 67.4 Å². The molecular formula is C21H21ClN2O3. The van der Waals surface area contributed by atoms with Crippen LogP contribution in [0.5, 0.6) is 5.75 Å². The fourth-order valence-corrected chi connectivity index (χ4v) is 2.73. The Morgan fingerprint density at radius 2 is 2.00 bits per heavy atom. The minimum Gasteiger partial charge on any atom is -0.493 e. The van der Waals surface area contributed by atoms with Gasteiger partial charge in [0.2, 0.25) is 5.91 Å². The smallest absolute Gasteiger partial charge is 0.253 e. The van der Waals surface area contributed by atoms with Crippen LogP contribution < -0.4 is 15.4 Å². The van der Waals surface area contributed by atoms with Crippen molar-refractivity contribution in [3.63, 3.8) is 0 Å². The molecule has 5 nitrogen and oxygen atoms in total. The molecule has 0 unspecified atom stereocenters. The maximum Gasteiger partial charge on any atom is 0.253 e. The average molecular weight is 385 g/mol. The van der Waals surface area contributed by atoms with E-state index < -0.39 is 0 Å². The summed E-state index contributed by atoms with van der Waals surface area (Å²) in [5.74, 6) is 0.187. The molecule has 0 bridgehead atoms. The van der Waals surface area contributed by atoms with Crippen molar-refractivity contribution in [3.05, 3.63) is 64.7 Å². The number of hydrogen-bond donors (Lipinski definition) is 2. The Morgan fingerprint density at radius 3 is 2.74 bits per heavy atom. The second-order valence-electron chi connectivity index (χ2n) is 6.24. The highest BCUT2D eigenvalue weighted by Crippen LogP contribution is 2.24. The lowest BCUT2D eigenvalue weighted by Gasteiger charge is -2.09. The van der Waals surface area contributed by atoms with Gasteiger partial charge in [-0.3, -0.25) is 9.59 Å². The summed E-state index contributed by atoms with van der Waals surface area (Å²) in [6.45, 7) is 2.46. The van der Waals surface area contributed by atoms with Gasteiger partial charge in [0, 0.05) is 23.4 Å². The van der Waals surface area contributed by atoms with Gasteiger partial charge < -0.3 is 15.4 Å². The number of nitrogens with one attached hydrogen (secondary N) is 2. The number of carbonyl (C=O) groups excluding carboxylic acids is 2. The summed E-state index contributed by atoms with van der Waals surface area (Å²) < 4.78 is 5.54. The van der Waals surface area contributed by atoms with Gasteiger partial charge in [-0.15, -0.1) is 0 Å². The number of ether oxygens (including phenoxy) is 1. The molecule has 0 spiro atoms. The van der Waals surface area contributed by atoms with E-state index in [0.29, 0.717) is 22.9 Å². The second kappa shape index (κ2) is 8.73. The van der Waals surface area contributed by atoms with Gasteiger partial charge in [-0.1, -0.05) is 29.8 Å². The number of halogens is 1. The zero-order chi connectivity index (χ0) is 19.2. The molecule has 0 heterocycles. The number of hydrogen-bond acceptors (Lipinski definition) is 3. The van der Waals surface area contributed by atoms with Crippen LogP contribution in [-0.4, -0.2) is 24.5 Å². The van der Waals surface area contributed by atoms with Crippen LogP contribution in [0.25, 0.3) is 6.08 Å². The lowest BCUT2D eigenvalue weighted by molar-refractivity contribution is -0.111. The SMILES string of the molecule is CCOc1ccccc1/C=C/C(=O)Nc1ccc(Cl)c(C(=O)NC2CC2)c1. The molecule has 2 N–H and O–H groups in total. The standard InChI is InChI=1S/C21H21ClN2O3/c1-2-27-19-6-4-3-5-14(19)7-12-20(25)23-16-10-11-18(22)17(13-16)21(26)24-15-8-9-15/h3-7,10-13,15H,2,8-9H2,1H3,(H,23,25)(H,24,26)/b12-7+. The van der Waals surface area contributed by atoms with Crippen LogP contribution in [0.15, 0.2) is 48.5 Å². The van der Waals surface area contributed by atoms with Crippen LogP contribution in [0.4, 0.5) is 5.69 Å². The fourth-order valence-electron chi connectivity index (χ4n) is 2.52. The van der Waals surface area contributed by atoms with Crippen molar-refractivity contribution in [3.8, 4) is 5.75 Å². The zero-order valence-electron chi connectivity index (χ0n) is 15.0. The van der Waals surface area contributed by atoms with Gasteiger partial charge in [-0.2, -0.15) is 0 Å². The van der Waals surface area contributed by atoms with Gasteiger partial charge >= 0.3 is 0 Å². The Kier molecular flexibility index (Phi) is 6.14. The van der Waals surface area contributed by atoms with Crippen molar-refractivity contribution >= 4 is 35.2 Å². The molecule has 1 aliphatic rings. The van der Waals surface area contributed by atoms with Gasteiger partial charge in [0.1, 0.15) is 5.75 Å². The summed E-state index contributed by atoms with van der Waals surface area (Å²) in [5, 5.41) is 6.00. The van der Waals surface area contributed by atoms with Crippen molar-refractivity contribution < 1.29 is 14.3 Å². The summed E-state index contributed by atoms with van der Waals surface area (Å²) in [4.78, 5) is 24.5. The first-order valence-electron chi connectivity index (χ1n) is 8.88. The third kappa shape index (κ3) is 5.34. The molecule has 1 saturated carbocycles. The molecule has 0 atom stereocenters. The van der Waals surface area contributed by atoms with Gasteiger partial charge in [-0.05, 0) is 50.1 Å². The molecule has 1 aliphatic carbocycles. The molecular weight excluding hydrogens is 364 g/mol. The molecule has 0 aliphatic heterocycles. The number of amides is 2. The average Bonchev–Trinajstić information content (AvgIpc) is 3.47. The van der Waals surface area contributed by atoms with E-state index in [9.17, 15) is 9.59 Å². The van der Waals surface area contributed by atoms with Crippen LogP contribution in [0, 0.1) is 0 Å². The van der Waals surface area contributed by atoms with Gasteiger partial charge in [0.05, 0.1) is 17.2 Å². The highest BCUT2D eigenvalue weighted by Gasteiger charge is 2.24. The first-order valence-corrected chi connectivity index (χ1v) is 9.26. The predicted molar refractivity (Wildman–Crippen MR) is 107 cm³/mol. The predicted octanol–water partition coefficient (Wildman–Crippen LogP) is 4.28. The molecule has 3 rings (SSSR count). The number of anilines is 1. The summed E-state index contributed by atoms with van der Waals surface area (Å²) >= 11 is 6.12. The number of rotatable bonds is 7.